The van der Waals surface area contributed by atoms with Gasteiger partial charge in [-0.05, 0) is 19.8 Å². The number of piperidine rings is 1. The van der Waals surface area contributed by atoms with Crippen LogP contribution in [0.5, 0.6) is 0 Å². The van der Waals surface area contributed by atoms with Crippen molar-refractivity contribution in [3.63, 3.8) is 0 Å². The van der Waals surface area contributed by atoms with Crippen LogP contribution in [0.2, 0.25) is 0 Å². The normalized spacial score (nSPS) is 17.1. The van der Waals surface area contributed by atoms with Crippen molar-refractivity contribution in [2.24, 2.45) is 5.92 Å². The molecule has 1 aliphatic heterocycles. The molecule has 1 N–H and O–H groups in total. The fourth-order valence-electron chi connectivity index (χ4n) is 1.96. The van der Waals surface area contributed by atoms with Crippen molar-refractivity contribution in [2.75, 3.05) is 13.1 Å². The molecule has 0 aromatic carbocycles. The van der Waals surface area contributed by atoms with Gasteiger partial charge in [0.15, 0.2) is 5.69 Å². The first-order valence-electron chi connectivity index (χ1n) is 5.53. The zero-order valence-corrected chi connectivity index (χ0v) is 9.55. The highest BCUT2D eigenvalue weighted by Gasteiger charge is 2.28. The van der Waals surface area contributed by atoms with Crippen LogP contribution < -0.4 is 0 Å². The molecule has 17 heavy (non-hydrogen) atoms. The number of likely N-dealkylation sites (tertiary alicyclic amines) is 1. The minimum Gasteiger partial charge on any atom is -0.481 e. The summed E-state index contributed by atoms with van der Waals surface area (Å²) in [5, 5.41) is 12.5. The summed E-state index contributed by atoms with van der Waals surface area (Å²) >= 11 is 0. The fourth-order valence-corrected chi connectivity index (χ4v) is 1.96. The SMILES string of the molecule is Cc1cc(C(=O)N2CCC(C(=O)O)CC2)no1. The summed E-state index contributed by atoms with van der Waals surface area (Å²) in [6.07, 6.45) is 0.996. The summed E-state index contributed by atoms with van der Waals surface area (Å²) < 4.78 is 4.84. The second-order valence-electron chi connectivity index (χ2n) is 4.23. The van der Waals surface area contributed by atoms with E-state index in [0.717, 1.165) is 0 Å². The van der Waals surface area contributed by atoms with Gasteiger partial charge in [-0.15, -0.1) is 0 Å². The Morgan fingerprint density at radius 3 is 2.59 bits per heavy atom. The van der Waals surface area contributed by atoms with Crippen molar-refractivity contribution in [2.45, 2.75) is 19.8 Å². The Bertz CT molecular complexity index is 432. The third kappa shape index (κ3) is 2.46. The van der Waals surface area contributed by atoms with Gasteiger partial charge >= 0.3 is 5.97 Å². The van der Waals surface area contributed by atoms with Crippen LogP contribution in [0, 0.1) is 12.8 Å². The average Bonchev–Trinajstić information content (AvgIpc) is 2.75. The van der Waals surface area contributed by atoms with Crippen molar-refractivity contribution < 1.29 is 19.2 Å². The molecule has 1 amide bonds. The molecule has 1 aromatic heterocycles. The molecule has 0 aliphatic carbocycles. The van der Waals surface area contributed by atoms with Gasteiger partial charge in [-0.1, -0.05) is 5.16 Å². The quantitative estimate of drug-likeness (QED) is 0.828. The first kappa shape index (κ1) is 11.6. The molecule has 1 fully saturated rings. The molecule has 0 atom stereocenters. The van der Waals surface area contributed by atoms with E-state index in [9.17, 15) is 9.59 Å². The second kappa shape index (κ2) is 4.57. The Labute approximate surface area is 98.2 Å². The Hall–Kier alpha value is -1.85. The van der Waals surface area contributed by atoms with Gasteiger partial charge in [0, 0.05) is 19.2 Å². The number of amides is 1. The number of aliphatic carboxylic acids is 1. The predicted molar refractivity (Wildman–Crippen MR) is 57.5 cm³/mol. The van der Waals surface area contributed by atoms with Gasteiger partial charge in [0.2, 0.25) is 0 Å². The van der Waals surface area contributed by atoms with Crippen LogP contribution in [0.4, 0.5) is 0 Å². The van der Waals surface area contributed by atoms with Gasteiger partial charge in [0.05, 0.1) is 5.92 Å². The number of nitrogens with zero attached hydrogens (tertiary/aromatic N) is 2. The van der Waals surface area contributed by atoms with Gasteiger partial charge in [-0.25, -0.2) is 0 Å². The molecule has 1 aromatic rings. The smallest absolute Gasteiger partial charge is 0.306 e. The molecular formula is C11H14N2O4. The van der Waals surface area contributed by atoms with E-state index >= 15 is 0 Å². The zero-order chi connectivity index (χ0) is 12.4. The molecule has 2 rings (SSSR count). The number of carbonyl (C=O) groups is 2. The predicted octanol–water partition coefficient (Wildman–Crippen LogP) is 0.920. The standard InChI is InChI=1S/C11H14N2O4/c1-7-6-9(12-17-7)10(14)13-4-2-8(3-5-13)11(15)16/h6,8H,2-5H2,1H3,(H,15,16). The number of carbonyl (C=O) groups excluding carboxylic acids is 1. The Balaban J connectivity index is 1.97. The monoisotopic (exact) mass is 238 g/mol. The number of hydrogen-bond donors (Lipinski definition) is 1. The Kier molecular flexibility index (Phi) is 3.12. The molecule has 1 saturated heterocycles. The number of hydrogen-bond acceptors (Lipinski definition) is 4. The van der Waals surface area contributed by atoms with E-state index in [1.165, 1.54) is 0 Å². The Morgan fingerprint density at radius 1 is 1.47 bits per heavy atom. The number of carboxylic acid groups (broad SMARTS) is 1. The summed E-state index contributed by atoms with van der Waals surface area (Å²) in [6, 6.07) is 1.59. The van der Waals surface area contributed by atoms with Crippen LogP contribution in [0.1, 0.15) is 29.1 Å². The number of aryl methyl sites for hydroxylation is 1. The molecule has 0 unspecified atom stereocenters. The van der Waals surface area contributed by atoms with Crippen molar-refractivity contribution in [1.29, 1.82) is 0 Å². The topological polar surface area (TPSA) is 83.6 Å². The summed E-state index contributed by atoms with van der Waals surface area (Å²) in [6.45, 7) is 2.64. The summed E-state index contributed by atoms with van der Waals surface area (Å²) in [5.41, 5.74) is 0.288. The number of aromatic nitrogens is 1. The highest BCUT2D eigenvalue weighted by molar-refractivity contribution is 5.92. The maximum atomic E-state index is 11.9. The molecule has 0 bridgehead atoms. The third-order valence-corrected chi connectivity index (χ3v) is 2.98. The zero-order valence-electron chi connectivity index (χ0n) is 9.55. The molecule has 6 nitrogen and oxygen atoms in total. The molecule has 0 saturated carbocycles. The van der Waals surface area contributed by atoms with Gasteiger partial charge in [-0.3, -0.25) is 9.59 Å². The van der Waals surface area contributed by atoms with E-state index in [1.54, 1.807) is 17.9 Å². The van der Waals surface area contributed by atoms with E-state index in [1.807, 2.05) is 0 Å². The van der Waals surface area contributed by atoms with Crippen molar-refractivity contribution >= 4 is 11.9 Å². The molecule has 2 heterocycles. The van der Waals surface area contributed by atoms with Crippen LogP contribution in [0.3, 0.4) is 0 Å². The molecule has 6 heteroatoms. The lowest BCUT2D eigenvalue weighted by atomic mass is 9.97. The molecule has 0 spiro atoms. The second-order valence-corrected chi connectivity index (χ2v) is 4.23. The van der Waals surface area contributed by atoms with Gasteiger partial charge in [0.1, 0.15) is 5.76 Å². The maximum Gasteiger partial charge on any atom is 0.306 e. The third-order valence-electron chi connectivity index (χ3n) is 2.98. The number of carboxylic acids is 1. The average molecular weight is 238 g/mol. The maximum absolute atomic E-state index is 11.9. The van der Waals surface area contributed by atoms with E-state index < -0.39 is 5.97 Å². The molecule has 1 aliphatic rings. The lowest BCUT2D eigenvalue weighted by Crippen LogP contribution is -2.40. The summed E-state index contributed by atoms with van der Waals surface area (Å²) in [4.78, 5) is 24.3. The minimum absolute atomic E-state index is 0.189. The number of rotatable bonds is 2. The lowest BCUT2D eigenvalue weighted by Gasteiger charge is -2.29. The first-order valence-corrected chi connectivity index (χ1v) is 5.53. The summed E-state index contributed by atoms with van der Waals surface area (Å²) in [7, 11) is 0. The molecule has 92 valence electrons. The van der Waals surface area contributed by atoms with Crippen LogP contribution >= 0.6 is 0 Å². The van der Waals surface area contributed by atoms with Gasteiger partial charge in [0.25, 0.3) is 5.91 Å². The van der Waals surface area contributed by atoms with Crippen molar-refractivity contribution in [3.8, 4) is 0 Å². The molecular weight excluding hydrogens is 224 g/mol. The van der Waals surface area contributed by atoms with Crippen molar-refractivity contribution in [3.05, 3.63) is 17.5 Å². The largest absolute Gasteiger partial charge is 0.481 e. The highest BCUT2D eigenvalue weighted by atomic mass is 16.5. The van der Waals surface area contributed by atoms with Gasteiger partial charge < -0.3 is 14.5 Å². The van der Waals surface area contributed by atoms with Crippen LogP contribution in [0.15, 0.2) is 10.6 Å². The molecule has 0 radical (unpaired) electrons. The van der Waals surface area contributed by atoms with E-state index in [0.29, 0.717) is 31.7 Å². The van der Waals surface area contributed by atoms with Crippen LogP contribution in [0.25, 0.3) is 0 Å². The minimum atomic E-state index is -0.783. The van der Waals surface area contributed by atoms with Crippen molar-refractivity contribution in [1.82, 2.24) is 10.1 Å². The van der Waals surface area contributed by atoms with Crippen LogP contribution in [-0.4, -0.2) is 40.1 Å². The highest BCUT2D eigenvalue weighted by Crippen LogP contribution is 2.19. The fraction of sp³-hybridized carbons (Fsp3) is 0.545. The summed E-state index contributed by atoms with van der Waals surface area (Å²) in [5.74, 6) is -0.716. The lowest BCUT2D eigenvalue weighted by molar-refractivity contribution is -0.143. The van der Waals surface area contributed by atoms with E-state index in [2.05, 4.69) is 5.16 Å². The van der Waals surface area contributed by atoms with Gasteiger partial charge in [-0.2, -0.15) is 0 Å². The van der Waals surface area contributed by atoms with E-state index in [-0.39, 0.29) is 17.5 Å². The van der Waals surface area contributed by atoms with Crippen LogP contribution in [-0.2, 0) is 4.79 Å². The van der Waals surface area contributed by atoms with E-state index in [4.69, 9.17) is 9.63 Å². The first-order chi connectivity index (χ1) is 8.08. The Morgan fingerprint density at radius 2 is 2.12 bits per heavy atom.